The van der Waals surface area contributed by atoms with Crippen LogP contribution in [0.1, 0.15) is 38.4 Å². The monoisotopic (exact) mass is 263 g/mol. The summed E-state index contributed by atoms with van der Waals surface area (Å²) < 4.78 is 0. The van der Waals surface area contributed by atoms with Crippen LogP contribution in [0.3, 0.4) is 0 Å². The molecule has 0 aromatic carbocycles. The highest BCUT2D eigenvalue weighted by atomic mass is 15.2. The molecular weight excluding hydrogens is 238 g/mol. The average Bonchev–Trinajstić information content (AvgIpc) is 2.26. The fraction of sp³-hybridized carbons (Fsp3) is 0.714. The summed E-state index contributed by atoms with van der Waals surface area (Å²) in [5.41, 5.74) is 6.12. The maximum absolute atomic E-state index is 5.83. The molecule has 0 amide bonds. The average molecular weight is 263 g/mol. The molecule has 1 heterocycles. The maximum atomic E-state index is 5.83. The molecule has 1 aliphatic carbocycles. The second-order valence-corrected chi connectivity index (χ2v) is 5.67. The van der Waals surface area contributed by atoms with E-state index in [1.807, 2.05) is 6.07 Å². The van der Waals surface area contributed by atoms with Crippen molar-refractivity contribution in [2.24, 2.45) is 0 Å². The van der Waals surface area contributed by atoms with Crippen LogP contribution in [0.4, 0.5) is 11.6 Å². The molecular formula is C14H25N5. The number of likely N-dealkylation sites (N-methyl/N-ethyl adjacent to an activating group) is 1. The Morgan fingerprint density at radius 3 is 2.63 bits per heavy atom. The molecule has 1 aromatic rings. The molecule has 0 radical (unpaired) electrons. The fourth-order valence-electron chi connectivity index (χ4n) is 2.57. The van der Waals surface area contributed by atoms with Crippen LogP contribution < -0.4 is 11.1 Å². The summed E-state index contributed by atoms with van der Waals surface area (Å²) >= 11 is 0. The zero-order valence-corrected chi connectivity index (χ0v) is 12.2. The molecule has 106 valence electrons. The summed E-state index contributed by atoms with van der Waals surface area (Å²) in [6, 6.07) is 1.82. The molecule has 3 N–H and O–H groups in total. The van der Waals surface area contributed by atoms with Crippen molar-refractivity contribution in [2.45, 2.75) is 44.6 Å². The van der Waals surface area contributed by atoms with E-state index in [2.05, 4.69) is 41.2 Å². The van der Waals surface area contributed by atoms with Gasteiger partial charge in [0.2, 0.25) is 0 Å². The van der Waals surface area contributed by atoms with Gasteiger partial charge in [-0.3, -0.25) is 0 Å². The van der Waals surface area contributed by atoms with E-state index in [0.717, 1.165) is 31.0 Å². The molecule has 5 heteroatoms. The molecule has 0 saturated heterocycles. The van der Waals surface area contributed by atoms with Crippen molar-refractivity contribution in [3.63, 3.8) is 0 Å². The maximum Gasteiger partial charge on any atom is 0.133 e. The number of nitrogens with two attached hydrogens (primary N) is 1. The molecule has 0 spiro atoms. The van der Waals surface area contributed by atoms with Gasteiger partial charge in [0.15, 0.2) is 0 Å². The van der Waals surface area contributed by atoms with E-state index in [1.165, 1.54) is 19.3 Å². The molecule has 1 aliphatic rings. The van der Waals surface area contributed by atoms with E-state index < -0.39 is 0 Å². The van der Waals surface area contributed by atoms with Gasteiger partial charge in [-0.15, -0.1) is 0 Å². The van der Waals surface area contributed by atoms with Gasteiger partial charge in [0.1, 0.15) is 17.5 Å². The normalized spacial score (nSPS) is 17.3. The number of nitrogen functional groups attached to an aromatic ring is 1. The number of rotatable bonds is 6. The fourth-order valence-corrected chi connectivity index (χ4v) is 2.57. The van der Waals surface area contributed by atoms with Crippen LogP contribution in [0.15, 0.2) is 6.07 Å². The molecule has 19 heavy (non-hydrogen) atoms. The van der Waals surface area contributed by atoms with Gasteiger partial charge in [-0.1, -0.05) is 6.92 Å². The standard InChI is InChI=1S/C14H25N5/c1-4-6-12-17-11(15)9-13(18-12)16-10-14(19(2)3)7-5-8-14/h9H,4-8,10H2,1-3H3,(H3,15,16,17,18). The van der Waals surface area contributed by atoms with Crippen LogP contribution in [0.5, 0.6) is 0 Å². The van der Waals surface area contributed by atoms with Gasteiger partial charge < -0.3 is 16.0 Å². The smallest absolute Gasteiger partial charge is 0.133 e. The molecule has 0 atom stereocenters. The molecule has 5 nitrogen and oxygen atoms in total. The zero-order chi connectivity index (χ0) is 13.9. The van der Waals surface area contributed by atoms with Crippen molar-refractivity contribution in [1.29, 1.82) is 0 Å². The third-order valence-corrected chi connectivity index (χ3v) is 4.10. The first kappa shape index (κ1) is 14.1. The van der Waals surface area contributed by atoms with Gasteiger partial charge in [-0.2, -0.15) is 0 Å². The lowest BCUT2D eigenvalue weighted by Crippen LogP contribution is -2.54. The van der Waals surface area contributed by atoms with Crippen LogP contribution >= 0.6 is 0 Å². The van der Waals surface area contributed by atoms with Crippen molar-refractivity contribution in [2.75, 3.05) is 31.7 Å². The molecule has 0 aliphatic heterocycles. The second kappa shape index (κ2) is 5.74. The van der Waals surface area contributed by atoms with Crippen LogP contribution in [0.2, 0.25) is 0 Å². The Kier molecular flexibility index (Phi) is 4.24. The Morgan fingerprint density at radius 1 is 1.37 bits per heavy atom. The summed E-state index contributed by atoms with van der Waals surface area (Å²) in [6.45, 7) is 3.04. The van der Waals surface area contributed by atoms with Crippen LogP contribution in [-0.4, -0.2) is 41.0 Å². The van der Waals surface area contributed by atoms with Crippen molar-refractivity contribution in [1.82, 2.24) is 14.9 Å². The molecule has 1 fully saturated rings. The Labute approximate surface area is 115 Å². The highest BCUT2D eigenvalue weighted by Crippen LogP contribution is 2.36. The summed E-state index contributed by atoms with van der Waals surface area (Å²) in [4.78, 5) is 11.1. The topological polar surface area (TPSA) is 67.1 Å². The Morgan fingerprint density at radius 2 is 2.11 bits per heavy atom. The van der Waals surface area contributed by atoms with E-state index in [-0.39, 0.29) is 5.54 Å². The predicted molar refractivity (Wildman–Crippen MR) is 79.2 cm³/mol. The SMILES string of the molecule is CCCc1nc(N)cc(NCC2(N(C)C)CCC2)n1. The van der Waals surface area contributed by atoms with E-state index in [4.69, 9.17) is 5.73 Å². The van der Waals surface area contributed by atoms with Gasteiger partial charge in [0.25, 0.3) is 0 Å². The summed E-state index contributed by atoms with van der Waals surface area (Å²) in [7, 11) is 4.30. The highest BCUT2D eigenvalue weighted by molar-refractivity contribution is 5.45. The predicted octanol–water partition coefficient (Wildman–Crippen LogP) is 1.91. The van der Waals surface area contributed by atoms with Gasteiger partial charge in [0.05, 0.1) is 0 Å². The number of anilines is 2. The first-order chi connectivity index (χ1) is 9.05. The molecule has 1 aromatic heterocycles. The lowest BCUT2D eigenvalue weighted by molar-refractivity contribution is 0.0738. The quantitative estimate of drug-likeness (QED) is 0.820. The number of aromatic nitrogens is 2. The van der Waals surface area contributed by atoms with Crippen molar-refractivity contribution in [3.05, 3.63) is 11.9 Å². The minimum absolute atomic E-state index is 0.282. The van der Waals surface area contributed by atoms with Gasteiger partial charge >= 0.3 is 0 Å². The van der Waals surface area contributed by atoms with Crippen LogP contribution in [0.25, 0.3) is 0 Å². The van der Waals surface area contributed by atoms with Gasteiger partial charge in [-0.05, 0) is 39.8 Å². The van der Waals surface area contributed by atoms with Gasteiger partial charge in [0, 0.05) is 24.6 Å². The largest absolute Gasteiger partial charge is 0.384 e. The lowest BCUT2D eigenvalue weighted by atomic mass is 9.75. The number of nitrogens with zero attached hydrogens (tertiary/aromatic N) is 3. The first-order valence-electron chi connectivity index (χ1n) is 7.10. The van der Waals surface area contributed by atoms with E-state index in [1.54, 1.807) is 0 Å². The highest BCUT2D eigenvalue weighted by Gasteiger charge is 2.38. The number of hydrogen-bond donors (Lipinski definition) is 2. The number of aryl methyl sites for hydroxylation is 1. The summed E-state index contributed by atoms with van der Waals surface area (Å²) in [5.74, 6) is 2.23. The number of hydrogen-bond acceptors (Lipinski definition) is 5. The summed E-state index contributed by atoms with van der Waals surface area (Å²) in [6.07, 6.45) is 5.71. The third-order valence-electron chi connectivity index (χ3n) is 4.10. The van der Waals surface area contributed by atoms with Crippen LogP contribution in [-0.2, 0) is 6.42 Å². The Bertz CT molecular complexity index is 426. The summed E-state index contributed by atoms with van der Waals surface area (Å²) in [5, 5.41) is 3.44. The van der Waals surface area contributed by atoms with Gasteiger partial charge in [-0.25, -0.2) is 9.97 Å². The second-order valence-electron chi connectivity index (χ2n) is 5.67. The molecule has 1 saturated carbocycles. The van der Waals surface area contributed by atoms with Crippen LogP contribution in [0, 0.1) is 0 Å². The molecule has 0 unspecified atom stereocenters. The Hall–Kier alpha value is -1.36. The number of nitrogens with one attached hydrogen (secondary N) is 1. The van der Waals surface area contributed by atoms with E-state index in [9.17, 15) is 0 Å². The molecule has 2 rings (SSSR count). The lowest BCUT2D eigenvalue weighted by Gasteiger charge is -2.47. The zero-order valence-electron chi connectivity index (χ0n) is 12.2. The van der Waals surface area contributed by atoms with Crippen molar-refractivity contribution >= 4 is 11.6 Å². The minimum Gasteiger partial charge on any atom is -0.384 e. The van der Waals surface area contributed by atoms with E-state index in [0.29, 0.717) is 5.82 Å². The first-order valence-corrected chi connectivity index (χ1v) is 7.10. The Balaban J connectivity index is 2.02. The minimum atomic E-state index is 0.282. The van der Waals surface area contributed by atoms with Crippen molar-refractivity contribution in [3.8, 4) is 0 Å². The third kappa shape index (κ3) is 3.15. The molecule has 0 bridgehead atoms. The van der Waals surface area contributed by atoms with E-state index >= 15 is 0 Å². The van der Waals surface area contributed by atoms with Crippen molar-refractivity contribution < 1.29 is 0 Å².